The molecule has 1 N–H and O–H groups in total. The summed E-state index contributed by atoms with van der Waals surface area (Å²) < 4.78 is 0. The van der Waals surface area contributed by atoms with Gasteiger partial charge >= 0.3 is 0 Å². The first-order valence-electron chi connectivity index (χ1n) is 6.23. The van der Waals surface area contributed by atoms with Crippen LogP contribution in [-0.4, -0.2) is 15.2 Å². The van der Waals surface area contributed by atoms with Gasteiger partial charge in [0.25, 0.3) is 0 Å². The monoisotopic (exact) mass is 237 g/mol. The van der Waals surface area contributed by atoms with Crippen LogP contribution in [0, 0.1) is 0 Å². The minimum atomic E-state index is 0.803. The third-order valence-corrected chi connectivity index (χ3v) is 3.08. The van der Waals surface area contributed by atoms with Crippen molar-refractivity contribution in [1.29, 1.82) is 0 Å². The van der Waals surface area contributed by atoms with Crippen LogP contribution in [0.1, 0.15) is 24.1 Å². The number of aromatic amines is 1. The first-order valence-corrected chi connectivity index (χ1v) is 6.23. The lowest BCUT2D eigenvalue weighted by Gasteiger charge is -2.01. The first-order chi connectivity index (χ1) is 8.85. The summed E-state index contributed by atoms with van der Waals surface area (Å²) in [4.78, 5) is 4.44. The molecule has 3 heteroatoms. The van der Waals surface area contributed by atoms with Crippen LogP contribution in [0.25, 0.3) is 10.8 Å². The zero-order valence-corrected chi connectivity index (χ0v) is 10.4. The summed E-state index contributed by atoms with van der Waals surface area (Å²) in [5.41, 5.74) is 1.26. The quantitative estimate of drug-likeness (QED) is 0.760. The number of nitrogens with one attached hydrogen (secondary N) is 1. The predicted octanol–water partition coefficient (Wildman–Crippen LogP) is 3.11. The maximum atomic E-state index is 4.44. The van der Waals surface area contributed by atoms with Gasteiger partial charge in [0.1, 0.15) is 11.6 Å². The Morgan fingerprint density at radius 3 is 2.67 bits per heavy atom. The second-order valence-electron chi connectivity index (χ2n) is 4.41. The van der Waals surface area contributed by atoms with Crippen molar-refractivity contribution in [3.8, 4) is 0 Å². The van der Waals surface area contributed by atoms with E-state index in [1.165, 1.54) is 16.3 Å². The van der Waals surface area contributed by atoms with Gasteiger partial charge in [-0.05, 0) is 16.3 Å². The Labute approximate surface area is 106 Å². The molecule has 3 rings (SSSR count). The number of aryl methyl sites for hydroxylation is 1. The van der Waals surface area contributed by atoms with Gasteiger partial charge in [-0.25, -0.2) is 4.98 Å². The lowest BCUT2D eigenvalue weighted by Crippen LogP contribution is -1.91. The van der Waals surface area contributed by atoms with E-state index in [4.69, 9.17) is 0 Å². The molecule has 0 bridgehead atoms. The van der Waals surface area contributed by atoms with Crippen LogP contribution in [0.4, 0.5) is 0 Å². The van der Waals surface area contributed by atoms with Gasteiger partial charge in [-0.1, -0.05) is 49.4 Å². The van der Waals surface area contributed by atoms with E-state index in [0.717, 1.165) is 24.5 Å². The van der Waals surface area contributed by atoms with E-state index in [9.17, 15) is 0 Å². The number of nitrogens with zero attached hydrogens (tertiary/aromatic N) is 2. The second kappa shape index (κ2) is 4.61. The number of H-pyrrole nitrogens is 1. The molecule has 90 valence electrons. The summed E-state index contributed by atoms with van der Waals surface area (Å²) in [7, 11) is 0. The number of hydrogen-bond acceptors (Lipinski definition) is 2. The van der Waals surface area contributed by atoms with Gasteiger partial charge in [-0.15, -0.1) is 0 Å². The molecular formula is C15H15N3. The fourth-order valence-electron chi connectivity index (χ4n) is 2.11. The molecule has 1 heterocycles. The molecule has 0 spiro atoms. The first kappa shape index (κ1) is 11.0. The third kappa shape index (κ3) is 2.12. The number of rotatable bonds is 3. The van der Waals surface area contributed by atoms with Crippen molar-refractivity contribution in [2.75, 3.05) is 0 Å². The van der Waals surface area contributed by atoms with E-state index < -0.39 is 0 Å². The summed E-state index contributed by atoms with van der Waals surface area (Å²) >= 11 is 0. The zero-order valence-electron chi connectivity index (χ0n) is 10.4. The number of benzene rings is 2. The fourth-order valence-corrected chi connectivity index (χ4v) is 2.11. The molecule has 0 saturated heterocycles. The van der Waals surface area contributed by atoms with Gasteiger partial charge < -0.3 is 0 Å². The molecular weight excluding hydrogens is 222 g/mol. The summed E-state index contributed by atoms with van der Waals surface area (Å²) in [6, 6.07) is 14.9. The van der Waals surface area contributed by atoms with Crippen molar-refractivity contribution in [3.63, 3.8) is 0 Å². The number of fused-ring (bicyclic) bond motifs is 1. The summed E-state index contributed by atoms with van der Waals surface area (Å²) in [5, 5.41) is 9.69. The Hall–Kier alpha value is -2.16. The maximum absolute atomic E-state index is 4.44. The lowest BCUT2D eigenvalue weighted by atomic mass is 10.1. The van der Waals surface area contributed by atoms with E-state index in [2.05, 4.69) is 64.6 Å². The van der Waals surface area contributed by atoms with Crippen LogP contribution in [0.5, 0.6) is 0 Å². The molecule has 1 aromatic heterocycles. The van der Waals surface area contributed by atoms with Gasteiger partial charge in [-0.2, -0.15) is 5.10 Å². The molecule has 2 aromatic carbocycles. The van der Waals surface area contributed by atoms with Crippen molar-refractivity contribution >= 4 is 10.8 Å². The van der Waals surface area contributed by atoms with Crippen molar-refractivity contribution in [1.82, 2.24) is 15.2 Å². The van der Waals surface area contributed by atoms with Crippen molar-refractivity contribution in [2.45, 2.75) is 19.8 Å². The van der Waals surface area contributed by atoms with Gasteiger partial charge in [-0.3, -0.25) is 5.10 Å². The predicted molar refractivity (Wildman–Crippen MR) is 72.5 cm³/mol. The summed E-state index contributed by atoms with van der Waals surface area (Å²) in [6.07, 6.45) is 1.67. The molecule has 0 fully saturated rings. The topological polar surface area (TPSA) is 41.6 Å². The Balaban J connectivity index is 1.90. The molecule has 0 aliphatic carbocycles. The molecule has 0 amide bonds. The highest BCUT2D eigenvalue weighted by molar-refractivity contribution is 5.83. The SMILES string of the molecule is CCc1n[nH]c(Cc2ccc3ccccc3c2)n1. The molecule has 0 aliphatic rings. The molecule has 0 aliphatic heterocycles. The van der Waals surface area contributed by atoms with E-state index in [1.807, 2.05) is 0 Å². The Morgan fingerprint density at radius 1 is 1.06 bits per heavy atom. The van der Waals surface area contributed by atoms with E-state index in [0.29, 0.717) is 0 Å². The van der Waals surface area contributed by atoms with Crippen LogP contribution < -0.4 is 0 Å². The molecule has 0 atom stereocenters. The van der Waals surface area contributed by atoms with E-state index in [1.54, 1.807) is 0 Å². The smallest absolute Gasteiger partial charge is 0.150 e. The van der Waals surface area contributed by atoms with Crippen molar-refractivity contribution in [3.05, 3.63) is 59.7 Å². The van der Waals surface area contributed by atoms with Crippen LogP contribution in [0.3, 0.4) is 0 Å². The normalized spacial score (nSPS) is 10.9. The minimum absolute atomic E-state index is 0.803. The maximum Gasteiger partial charge on any atom is 0.150 e. The van der Waals surface area contributed by atoms with Gasteiger partial charge in [0.2, 0.25) is 0 Å². The van der Waals surface area contributed by atoms with Crippen LogP contribution in [0.2, 0.25) is 0 Å². The highest BCUT2D eigenvalue weighted by atomic mass is 15.2. The van der Waals surface area contributed by atoms with E-state index in [-0.39, 0.29) is 0 Å². The average molecular weight is 237 g/mol. The molecule has 3 aromatic rings. The number of hydrogen-bond donors (Lipinski definition) is 1. The Morgan fingerprint density at radius 2 is 1.89 bits per heavy atom. The van der Waals surface area contributed by atoms with Crippen LogP contribution in [-0.2, 0) is 12.8 Å². The Bertz CT molecular complexity index is 670. The van der Waals surface area contributed by atoms with Crippen molar-refractivity contribution < 1.29 is 0 Å². The lowest BCUT2D eigenvalue weighted by molar-refractivity contribution is 0.942. The zero-order chi connectivity index (χ0) is 12.4. The molecule has 0 saturated carbocycles. The van der Waals surface area contributed by atoms with Gasteiger partial charge in [0, 0.05) is 12.8 Å². The van der Waals surface area contributed by atoms with E-state index >= 15 is 0 Å². The highest BCUT2D eigenvalue weighted by Gasteiger charge is 2.03. The summed E-state index contributed by atoms with van der Waals surface area (Å²) in [5.74, 6) is 1.81. The highest BCUT2D eigenvalue weighted by Crippen LogP contribution is 2.17. The standard InChI is InChI=1S/C15H15N3/c1-2-14-16-15(18-17-14)10-11-7-8-12-5-3-4-6-13(12)9-11/h3-9H,2,10H2,1H3,(H,16,17,18). The average Bonchev–Trinajstić information content (AvgIpc) is 2.86. The molecule has 0 radical (unpaired) electrons. The third-order valence-electron chi connectivity index (χ3n) is 3.08. The Kier molecular flexibility index (Phi) is 2.81. The molecule has 3 nitrogen and oxygen atoms in total. The second-order valence-corrected chi connectivity index (χ2v) is 4.41. The van der Waals surface area contributed by atoms with Crippen LogP contribution >= 0.6 is 0 Å². The fraction of sp³-hybridized carbons (Fsp3) is 0.200. The number of aromatic nitrogens is 3. The van der Waals surface area contributed by atoms with Crippen molar-refractivity contribution in [2.24, 2.45) is 0 Å². The molecule has 0 unspecified atom stereocenters. The van der Waals surface area contributed by atoms with Gasteiger partial charge in [0.05, 0.1) is 0 Å². The van der Waals surface area contributed by atoms with Gasteiger partial charge in [0.15, 0.2) is 0 Å². The summed E-state index contributed by atoms with van der Waals surface area (Å²) in [6.45, 7) is 2.06. The largest absolute Gasteiger partial charge is 0.263 e. The minimum Gasteiger partial charge on any atom is -0.263 e. The van der Waals surface area contributed by atoms with Crippen LogP contribution in [0.15, 0.2) is 42.5 Å². The molecule has 18 heavy (non-hydrogen) atoms.